The minimum absolute atomic E-state index is 0.0490. The number of fused-ring (bicyclic) bond motifs is 1. The van der Waals surface area contributed by atoms with Crippen molar-refractivity contribution in [2.24, 2.45) is 5.92 Å². The normalized spacial score (nSPS) is 21.4. The van der Waals surface area contributed by atoms with Crippen molar-refractivity contribution in [1.29, 1.82) is 0 Å². The molecule has 2 unspecified atom stereocenters. The molecular weight excluding hydrogens is 523 g/mol. The average Bonchev–Trinajstić information content (AvgIpc) is 2.84. The van der Waals surface area contributed by atoms with E-state index in [0.717, 1.165) is 31.7 Å². The van der Waals surface area contributed by atoms with Crippen molar-refractivity contribution in [2.75, 3.05) is 6.54 Å². The highest BCUT2D eigenvalue weighted by Crippen LogP contribution is 2.49. The first-order valence-corrected chi connectivity index (χ1v) is 13.1. The maximum Gasteiger partial charge on any atom is 0.394 e. The van der Waals surface area contributed by atoms with Gasteiger partial charge in [0.2, 0.25) is 11.8 Å². The molecule has 1 aromatic carbocycles. The average molecular weight is 556 g/mol. The summed E-state index contributed by atoms with van der Waals surface area (Å²) in [6.07, 6.45) is -2.50. The van der Waals surface area contributed by atoms with Crippen LogP contribution in [0.25, 0.3) is 0 Å². The zero-order chi connectivity index (χ0) is 27.7. The van der Waals surface area contributed by atoms with Crippen molar-refractivity contribution < 1.29 is 32.9 Å². The smallest absolute Gasteiger partial charge is 0.394 e. The largest absolute Gasteiger partial charge is 0.471 e. The fourth-order valence-corrected chi connectivity index (χ4v) is 5.19. The number of pyridine rings is 1. The number of carbonyl (C=O) groups excluding carboxylic acids is 1. The van der Waals surface area contributed by atoms with Gasteiger partial charge in [-0.1, -0.05) is 30.7 Å². The van der Waals surface area contributed by atoms with Crippen molar-refractivity contribution in [1.82, 2.24) is 15.6 Å². The third kappa shape index (κ3) is 6.59. The second-order valence-electron chi connectivity index (χ2n) is 10.4. The molecule has 1 aliphatic heterocycles. The van der Waals surface area contributed by atoms with Gasteiger partial charge in [-0.25, -0.2) is 4.98 Å². The highest BCUT2D eigenvalue weighted by Gasteiger charge is 2.47. The second-order valence-corrected chi connectivity index (χ2v) is 10.9. The highest BCUT2D eigenvalue weighted by molar-refractivity contribution is 6.30. The van der Waals surface area contributed by atoms with Gasteiger partial charge in [-0.15, -0.1) is 0 Å². The van der Waals surface area contributed by atoms with E-state index in [-0.39, 0.29) is 24.1 Å². The van der Waals surface area contributed by atoms with Crippen LogP contribution < -0.4 is 15.4 Å². The molecule has 0 saturated heterocycles. The molecule has 1 amide bonds. The Hall–Kier alpha value is -2.40. The quantitative estimate of drug-likeness (QED) is 0.365. The number of hydrogen-bond acceptors (Lipinski definition) is 6. The van der Waals surface area contributed by atoms with Crippen molar-refractivity contribution in [3.05, 3.63) is 58.2 Å². The summed E-state index contributed by atoms with van der Waals surface area (Å²) in [4.78, 5) is 16.1. The van der Waals surface area contributed by atoms with Crippen molar-refractivity contribution in [3.8, 4) is 5.88 Å². The molecule has 38 heavy (non-hydrogen) atoms. The molecule has 1 saturated carbocycles. The fraction of sp³-hybridized carbons (Fsp3) is 0.556. The Balaban J connectivity index is 1.52. The number of alkyl halides is 3. The molecule has 1 spiro atoms. The number of ether oxygens (including phenoxy) is 1. The molecular formula is C27H33ClF3N3O4. The van der Waals surface area contributed by atoms with E-state index in [2.05, 4.69) is 15.6 Å². The third-order valence-corrected chi connectivity index (χ3v) is 7.81. The number of rotatable bonds is 9. The van der Waals surface area contributed by atoms with E-state index in [1.807, 2.05) is 12.1 Å². The molecule has 2 aliphatic rings. The summed E-state index contributed by atoms with van der Waals surface area (Å²) >= 11 is 5.97. The van der Waals surface area contributed by atoms with Crippen LogP contribution in [0.2, 0.25) is 5.02 Å². The Kier molecular flexibility index (Phi) is 8.56. The summed E-state index contributed by atoms with van der Waals surface area (Å²) in [5.74, 6) is -1.93. The zero-order valence-corrected chi connectivity index (χ0v) is 22.0. The van der Waals surface area contributed by atoms with Crippen molar-refractivity contribution >= 4 is 17.5 Å². The minimum Gasteiger partial charge on any atom is -0.471 e. The fourth-order valence-electron chi connectivity index (χ4n) is 5.06. The van der Waals surface area contributed by atoms with Crippen LogP contribution in [0.15, 0.2) is 36.5 Å². The van der Waals surface area contributed by atoms with Gasteiger partial charge in [-0.2, -0.15) is 13.2 Å². The molecule has 2 aromatic rings. The van der Waals surface area contributed by atoms with E-state index in [9.17, 15) is 28.2 Å². The first-order chi connectivity index (χ1) is 17.9. The van der Waals surface area contributed by atoms with Crippen molar-refractivity contribution in [2.45, 2.75) is 82.0 Å². The number of nitrogens with one attached hydrogen (secondary N) is 2. The first-order valence-electron chi connectivity index (χ1n) is 12.7. The second kappa shape index (κ2) is 11.4. The van der Waals surface area contributed by atoms with E-state index >= 15 is 0 Å². The lowest BCUT2D eigenvalue weighted by molar-refractivity contribution is -0.195. The van der Waals surface area contributed by atoms with Crippen molar-refractivity contribution in [3.63, 3.8) is 0 Å². The van der Waals surface area contributed by atoms with Crippen LogP contribution >= 0.6 is 11.6 Å². The molecule has 1 fully saturated rings. The summed E-state index contributed by atoms with van der Waals surface area (Å²) in [6.45, 7) is 2.41. The Morgan fingerprint density at radius 1 is 1.26 bits per heavy atom. The summed E-state index contributed by atoms with van der Waals surface area (Å²) in [5, 5.41) is 28.1. The highest BCUT2D eigenvalue weighted by atomic mass is 35.5. The Labute approximate surface area is 224 Å². The van der Waals surface area contributed by atoms with E-state index in [1.165, 1.54) is 19.2 Å². The third-order valence-electron chi connectivity index (χ3n) is 7.56. The Bertz CT molecular complexity index is 1130. The molecule has 1 aliphatic carbocycles. The van der Waals surface area contributed by atoms with Crippen LogP contribution in [0.3, 0.4) is 0 Å². The molecule has 4 N–H and O–H groups in total. The number of benzene rings is 1. The molecule has 0 bridgehead atoms. The molecule has 11 heteroatoms. The predicted molar refractivity (Wildman–Crippen MR) is 136 cm³/mol. The van der Waals surface area contributed by atoms with Gasteiger partial charge < -0.3 is 25.6 Å². The monoisotopic (exact) mass is 555 g/mol. The van der Waals surface area contributed by atoms with Gasteiger partial charge in [-0.3, -0.25) is 4.79 Å². The first kappa shape index (κ1) is 28.6. The van der Waals surface area contributed by atoms with Gasteiger partial charge in [0.05, 0.1) is 24.2 Å². The van der Waals surface area contributed by atoms with Crippen LogP contribution in [0, 0.1) is 5.92 Å². The van der Waals surface area contributed by atoms with Gasteiger partial charge in [-0.05, 0) is 49.4 Å². The number of aliphatic hydroxyl groups excluding tert-OH is 2. The summed E-state index contributed by atoms with van der Waals surface area (Å²) < 4.78 is 45.8. The Morgan fingerprint density at radius 2 is 1.95 bits per heavy atom. The number of aromatic nitrogens is 1. The van der Waals surface area contributed by atoms with Crippen LogP contribution in [-0.4, -0.2) is 51.6 Å². The molecule has 208 valence electrons. The van der Waals surface area contributed by atoms with E-state index < -0.39 is 35.9 Å². The maximum absolute atomic E-state index is 13.2. The number of amides is 1. The van der Waals surface area contributed by atoms with Gasteiger partial charge in [0.15, 0.2) is 0 Å². The van der Waals surface area contributed by atoms with E-state index in [0.29, 0.717) is 29.3 Å². The topological polar surface area (TPSA) is 104 Å². The van der Waals surface area contributed by atoms with Gasteiger partial charge in [0.1, 0.15) is 5.60 Å². The number of nitrogens with zero attached hydrogens (tertiary/aromatic N) is 1. The van der Waals surface area contributed by atoms with Gasteiger partial charge in [0.25, 0.3) is 0 Å². The molecule has 7 nitrogen and oxygen atoms in total. The number of carbonyl (C=O) groups is 1. The standard InChI is InChI=1S/C27H33ClF3N3O4/c1-15(27(29,30)31)24(37)18-11-20-22(12-26(8-3-9-26)38-25(20)33-13-18)32-14-23(36)21(34-16(2)35)10-17-4-6-19(28)7-5-17/h4-7,11,13,15,21-24,32,36-37H,3,8-10,12,14H2,1-2H3,(H,34,35)/t15?,21-,22-,23-,24?/m0/s1. The molecule has 5 atom stereocenters. The number of hydrogen-bond donors (Lipinski definition) is 4. The minimum atomic E-state index is -4.56. The van der Waals surface area contributed by atoms with Gasteiger partial charge in [0, 0.05) is 48.3 Å². The molecule has 4 rings (SSSR count). The summed E-state index contributed by atoms with van der Waals surface area (Å²) in [6, 6.07) is 7.67. The number of aliphatic hydroxyl groups is 2. The SMILES string of the molecule is CC(=O)N[C@@H](Cc1ccc(Cl)cc1)[C@@H](O)CN[C@H]1CC2(CCC2)Oc2ncc(C(O)C(C)C(F)(F)F)cc21. The zero-order valence-electron chi connectivity index (χ0n) is 21.3. The van der Waals surface area contributed by atoms with Gasteiger partial charge >= 0.3 is 6.18 Å². The summed E-state index contributed by atoms with van der Waals surface area (Å²) in [5.41, 5.74) is 1.06. The lowest BCUT2D eigenvalue weighted by Gasteiger charge is -2.47. The maximum atomic E-state index is 13.2. The lowest BCUT2D eigenvalue weighted by Crippen LogP contribution is -2.52. The molecule has 0 radical (unpaired) electrons. The summed E-state index contributed by atoms with van der Waals surface area (Å²) in [7, 11) is 0. The van der Waals surface area contributed by atoms with Crippen LogP contribution in [0.5, 0.6) is 5.88 Å². The molecule has 2 heterocycles. The van der Waals surface area contributed by atoms with Crippen LogP contribution in [0.4, 0.5) is 13.2 Å². The van der Waals surface area contributed by atoms with Crippen LogP contribution in [0.1, 0.15) is 68.4 Å². The van der Waals surface area contributed by atoms with Crippen LogP contribution in [-0.2, 0) is 11.2 Å². The lowest BCUT2D eigenvalue weighted by atomic mass is 9.73. The number of halogens is 4. The van der Waals surface area contributed by atoms with E-state index in [4.69, 9.17) is 16.3 Å². The Morgan fingerprint density at radius 3 is 2.53 bits per heavy atom. The predicted octanol–water partition coefficient (Wildman–Crippen LogP) is 4.41. The molecule has 1 aromatic heterocycles. The van der Waals surface area contributed by atoms with E-state index in [1.54, 1.807) is 12.1 Å².